The maximum absolute atomic E-state index is 9.70. The van der Waals surface area contributed by atoms with Gasteiger partial charge in [-0.2, -0.15) is 0 Å². The second-order valence-corrected chi connectivity index (χ2v) is 4.07. The van der Waals surface area contributed by atoms with Gasteiger partial charge >= 0.3 is 0 Å². The number of nitrogen functional groups attached to an aromatic ring is 1. The van der Waals surface area contributed by atoms with E-state index in [1.54, 1.807) is 18.2 Å². The van der Waals surface area contributed by atoms with Gasteiger partial charge < -0.3 is 16.2 Å². The maximum Gasteiger partial charge on any atom is 0.122 e. The Morgan fingerprint density at radius 1 is 1.18 bits per heavy atom. The number of benzene rings is 2. The molecule has 0 fully saturated rings. The lowest BCUT2D eigenvalue weighted by atomic mass is 10.1. The van der Waals surface area contributed by atoms with Crippen LogP contribution in [0, 0.1) is 6.92 Å². The molecule has 17 heavy (non-hydrogen) atoms. The van der Waals surface area contributed by atoms with Crippen LogP contribution in [-0.4, -0.2) is 5.11 Å². The number of phenols is 1. The average molecular weight is 228 g/mol. The van der Waals surface area contributed by atoms with Gasteiger partial charge in [0, 0.05) is 23.5 Å². The molecular weight excluding hydrogens is 212 g/mol. The Kier molecular flexibility index (Phi) is 3.19. The molecule has 0 spiro atoms. The minimum absolute atomic E-state index is 0.227. The van der Waals surface area contributed by atoms with Gasteiger partial charge in [0.2, 0.25) is 0 Å². The smallest absolute Gasteiger partial charge is 0.122 e. The highest BCUT2D eigenvalue weighted by Gasteiger charge is 2.04. The van der Waals surface area contributed by atoms with Gasteiger partial charge in [-0.1, -0.05) is 18.2 Å². The Bertz CT molecular complexity index is 503. The fourth-order valence-corrected chi connectivity index (χ4v) is 1.73. The number of rotatable bonds is 3. The van der Waals surface area contributed by atoms with E-state index in [4.69, 9.17) is 5.73 Å². The molecule has 4 N–H and O–H groups in total. The van der Waals surface area contributed by atoms with Crippen LogP contribution in [0.5, 0.6) is 5.75 Å². The lowest BCUT2D eigenvalue weighted by molar-refractivity contribution is 0.469. The molecule has 0 unspecified atom stereocenters. The van der Waals surface area contributed by atoms with Gasteiger partial charge in [-0.25, -0.2) is 0 Å². The number of phenolic OH excluding ortho intramolecular Hbond substituents is 1. The molecule has 3 heteroatoms. The summed E-state index contributed by atoms with van der Waals surface area (Å²) in [5, 5.41) is 12.9. The molecule has 0 radical (unpaired) electrons. The number of nitrogens with two attached hydrogens (primary N) is 1. The molecule has 2 aromatic rings. The Morgan fingerprint density at radius 3 is 2.65 bits per heavy atom. The van der Waals surface area contributed by atoms with Crippen molar-refractivity contribution in [1.29, 1.82) is 0 Å². The zero-order valence-electron chi connectivity index (χ0n) is 9.77. The number of nitrogens with one attached hydrogen (secondary N) is 1. The largest absolute Gasteiger partial charge is 0.508 e. The van der Waals surface area contributed by atoms with E-state index in [0.29, 0.717) is 12.2 Å². The van der Waals surface area contributed by atoms with Crippen molar-refractivity contribution < 1.29 is 5.11 Å². The van der Waals surface area contributed by atoms with Crippen LogP contribution in [-0.2, 0) is 6.54 Å². The van der Waals surface area contributed by atoms with E-state index in [1.807, 2.05) is 25.1 Å². The molecule has 0 bridgehead atoms. The van der Waals surface area contributed by atoms with E-state index < -0.39 is 0 Å². The summed E-state index contributed by atoms with van der Waals surface area (Å²) in [5.74, 6) is 0.227. The van der Waals surface area contributed by atoms with Crippen molar-refractivity contribution in [1.82, 2.24) is 0 Å². The Morgan fingerprint density at radius 2 is 1.94 bits per heavy atom. The zero-order chi connectivity index (χ0) is 12.3. The van der Waals surface area contributed by atoms with E-state index in [-0.39, 0.29) is 5.75 Å². The normalized spacial score (nSPS) is 10.2. The second kappa shape index (κ2) is 4.78. The predicted octanol–water partition coefficient (Wildman–Crippen LogP) is 2.89. The third kappa shape index (κ3) is 2.69. The molecule has 2 aromatic carbocycles. The van der Waals surface area contributed by atoms with Crippen molar-refractivity contribution in [2.45, 2.75) is 13.5 Å². The molecule has 88 valence electrons. The first-order chi connectivity index (χ1) is 8.16. The SMILES string of the molecule is Cc1cccc(NCc2c(N)cccc2O)c1. The summed E-state index contributed by atoms with van der Waals surface area (Å²) in [5.41, 5.74) is 9.36. The Labute approximate surface area is 101 Å². The third-order valence-corrected chi connectivity index (χ3v) is 2.67. The Hall–Kier alpha value is -2.16. The summed E-state index contributed by atoms with van der Waals surface area (Å²) in [4.78, 5) is 0. The number of aryl methyl sites for hydroxylation is 1. The standard InChI is InChI=1S/C14H16N2O/c1-10-4-2-5-11(8-10)16-9-12-13(15)6-3-7-14(12)17/h2-8,16-17H,9,15H2,1H3. The van der Waals surface area contributed by atoms with Crippen LogP contribution in [0.25, 0.3) is 0 Å². The van der Waals surface area contributed by atoms with Crippen molar-refractivity contribution >= 4 is 11.4 Å². The predicted molar refractivity (Wildman–Crippen MR) is 71.0 cm³/mol. The summed E-state index contributed by atoms with van der Waals surface area (Å²) >= 11 is 0. The highest BCUT2D eigenvalue weighted by Crippen LogP contribution is 2.24. The minimum Gasteiger partial charge on any atom is -0.508 e. The van der Waals surface area contributed by atoms with Gasteiger partial charge in [-0.3, -0.25) is 0 Å². The van der Waals surface area contributed by atoms with E-state index >= 15 is 0 Å². The second-order valence-electron chi connectivity index (χ2n) is 4.07. The van der Waals surface area contributed by atoms with Gasteiger partial charge in [-0.05, 0) is 36.8 Å². The van der Waals surface area contributed by atoms with Crippen LogP contribution in [0.2, 0.25) is 0 Å². The lowest BCUT2D eigenvalue weighted by Gasteiger charge is -2.10. The van der Waals surface area contributed by atoms with Crippen molar-refractivity contribution in [3.63, 3.8) is 0 Å². The monoisotopic (exact) mass is 228 g/mol. The number of hydrogen-bond donors (Lipinski definition) is 3. The first-order valence-corrected chi connectivity index (χ1v) is 5.53. The fourth-order valence-electron chi connectivity index (χ4n) is 1.73. The summed E-state index contributed by atoms with van der Waals surface area (Å²) in [6.45, 7) is 2.56. The molecule has 0 amide bonds. The number of aromatic hydroxyl groups is 1. The summed E-state index contributed by atoms with van der Waals surface area (Å²) in [6.07, 6.45) is 0. The van der Waals surface area contributed by atoms with Crippen molar-refractivity contribution in [2.75, 3.05) is 11.1 Å². The first kappa shape index (κ1) is 11.3. The van der Waals surface area contributed by atoms with E-state index in [1.165, 1.54) is 5.56 Å². The molecule has 0 aliphatic carbocycles. The summed E-state index contributed by atoms with van der Waals surface area (Å²) < 4.78 is 0. The van der Waals surface area contributed by atoms with Gasteiger partial charge in [0.1, 0.15) is 5.75 Å². The third-order valence-electron chi connectivity index (χ3n) is 2.67. The van der Waals surface area contributed by atoms with E-state index in [9.17, 15) is 5.11 Å². The van der Waals surface area contributed by atoms with Crippen molar-refractivity contribution in [3.05, 3.63) is 53.6 Å². The molecular formula is C14H16N2O. The van der Waals surface area contributed by atoms with Crippen LogP contribution in [0.1, 0.15) is 11.1 Å². The molecule has 0 aliphatic heterocycles. The minimum atomic E-state index is 0.227. The molecule has 0 aliphatic rings. The van der Waals surface area contributed by atoms with Crippen LogP contribution < -0.4 is 11.1 Å². The fraction of sp³-hybridized carbons (Fsp3) is 0.143. The number of hydrogen-bond acceptors (Lipinski definition) is 3. The molecule has 0 atom stereocenters. The van der Waals surface area contributed by atoms with Crippen molar-refractivity contribution in [2.24, 2.45) is 0 Å². The van der Waals surface area contributed by atoms with E-state index in [0.717, 1.165) is 11.3 Å². The summed E-state index contributed by atoms with van der Waals surface area (Å²) in [6, 6.07) is 13.2. The molecule has 3 nitrogen and oxygen atoms in total. The lowest BCUT2D eigenvalue weighted by Crippen LogP contribution is -2.03. The first-order valence-electron chi connectivity index (χ1n) is 5.53. The number of anilines is 2. The maximum atomic E-state index is 9.70. The molecule has 0 aromatic heterocycles. The average Bonchev–Trinajstić information content (AvgIpc) is 2.28. The van der Waals surface area contributed by atoms with Gasteiger partial charge in [-0.15, -0.1) is 0 Å². The quantitative estimate of drug-likeness (QED) is 0.708. The molecule has 2 rings (SSSR count). The van der Waals surface area contributed by atoms with Crippen LogP contribution in [0.4, 0.5) is 11.4 Å². The van der Waals surface area contributed by atoms with Gasteiger partial charge in [0.05, 0.1) is 0 Å². The molecule has 0 saturated carbocycles. The van der Waals surface area contributed by atoms with Crippen LogP contribution in [0.3, 0.4) is 0 Å². The Balaban J connectivity index is 2.13. The van der Waals surface area contributed by atoms with Gasteiger partial charge in [0.15, 0.2) is 0 Å². The van der Waals surface area contributed by atoms with Crippen molar-refractivity contribution in [3.8, 4) is 5.75 Å². The van der Waals surface area contributed by atoms with Crippen LogP contribution in [0.15, 0.2) is 42.5 Å². The highest BCUT2D eigenvalue weighted by molar-refractivity contribution is 5.56. The molecule has 0 heterocycles. The molecule has 0 saturated heterocycles. The summed E-state index contributed by atoms with van der Waals surface area (Å²) in [7, 11) is 0. The van der Waals surface area contributed by atoms with Gasteiger partial charge in [0.25, 0.3) is 0 Å². The highest BCUT2D eigenvalue weighted by atomic mass is 16.3. The topological polar surface area (TPSA) is 58.3 Å². The zero-order valence-corrected chi connectivity index (χ0v) is 9.77. The van der Waals surface area contributed by atoms with Crippen LogP contribution >= 0.6 is 0 Å². The van der Waals surface area contributed by atoms with E-state index in [2.05, 4.69) is 11.4 Å².